The summed E-state index contributed by atoms with van der Waals surface area (Å²) in [4.78, 5) is 22.0. The van der Waals surface area contributed by atoms with Gasteiger partial charge in [0, 0.05) is 10.1 Å². The summed E-state index contributed by atoms with van der Waals surface area (Å²) in [5.41, 5.74) is 2.98. The van der Waals surface area contributed by atoms with Crippen molar-refractivity contribution in [1.82, 2.24) is 14.9 Å². The summed E-state index contributed by atoms with van der Waals surface area (Å²) in [6.45, 7) is 0.607. The molecule has 0 spiro atoms. The molecule has 2 aromatic carbocycles. The third kappa shape index (κ3) is 3.31. The molecule has 26 heavy (non-hydrogen) atoms. The molecule has 0 aliphatic carbocycles. The highest BCUT2D eigenvalue weighted by Crippen LogP contribution is 2.31. The van der Waals surface area contributed by atoms with Gasteiger partial charge in [-0.25, -0.2) is 4.98 Å². The summed E-state index contributed by atoms with van der Waals surface area (Å²) in [5.74, 6) is 0.692. The van der Waals surface area contributed by atoms with Crippen LogP contribution in [-0.4, -0.2) is 29.0 Å². The quantitative estimate of drug-likeness (QED) is 0.549. The van der Waals surface area contributed by atoms with Crippen molar-refractivity contribution in [1.29, 1.82) is 0 Å². The highest BCUT2D eigenvalue weighted by atomic mass is 32.1. The molecule has 1 N–H and O–H groups in total. The standard InChI is InChI=1S/C21H19N3OS/c1-24(2)13-18-22-19-16-12-15(9-8-14-6-4-3-5-7-14)10-11-17(16)26-20(19)21(25)23-18/h3-12H,13H2,1-2H3,(H,22,23,25). The minimum Gasteiger partial charge on any atom is -0.308 e. The van der Waals surface area contributed by atoms with Crippen LogP contribution in [0, 0.1) is 0 Å². The Kier molecular flexibility index (Phi) is 4.41. The number of nitrogens with one attached hydrogen (secondary N) is 1. The molecule has 4 aromatic rings. The van der Waals surface area contributed by atoms with Crippen LogP contribution in [0.5, 0.6) is 0 Å². The van der Waals surface area contributed by atoms with E-state index in [2.05, 4.69) is 47.5 Å². The molecule has 0 amide bonds. The lowest BCUT2D eigenvalue weighted by atomic mass is 10.1. The third-order valence-electron chi connectivity index (χ3n) is 4.13. The summed E-state index contributed by atoms with van der Waals surface area (Å²) in [6.07, 6.45) is 4.18. The maximum Gasteiger partial charge on any atom is 0.268 e. The summed E-state index contributed by atoms with van der Waals surface area (Å²) in [6, 6.07) is 16.5. The van der Waals surface area contributed by atoms with Crippen LogP contribution in [0.3, 0.4) is 0 Å². The number of H-pyrrole nitrogens is 1. The Balaban J connectivity index is 1.81. The molecule has 2 heterocycles. The molecule has 0 bridgehead atoms. The highest BCUT2D eigenvalue weighted by molar-refractivity contribution is 7.25. The van der Waals surface area contributed by atoms with E-state index in [0.717, 1.165) is 26.7 Å². The van der Waals surface area contributed by atoms with E-state index in [1.165, 1.54) is 11.3 Å². The second-order valence-corrected chi connectivity index (χ2v) is 7.58. The molecule has 0 aliphatic heterocycles. The summed E-state index contributed by atoms with van der Waals surface area (Å²) in [7, 11) is 3.92. The minimum atomic E-state index is -0.0607. The first kappa shape index (κ1) is 16.7. The van der Waals surface area contributed by atoms with Crippen molar-refractivity contribution in [2.75, 3.05) is 14.1 Å². The molecule has 0 unspecified atom stereocenters. The smallest absolute Gasteiger partial charge is 0.268 e. The summed E-state index contributed by atoms with van der Waals surface area (Å²) < 4.78 is 1.77. The molecule has 4 nitrogen and oxygen atoms in total. The van der Waals surface area contributed by atoms with Crippen molar-refractivity contribution < 1.29 is 0 Å². The Morgan fingerprint density at radius 2 is 1.85 bits per heavy atom. The number of rotatable bonds is 4. The number of hydrogen-bond acceptors (Lipinski definition) is 4. The second-order valence-electron chi connectivity index (χ2n) is 6.53. The van der Waals surface area contributed by atoms with Crippen molar-refractivity contribution in [2.45, 2.75) is 6.54 Å². The zero-order valence-electron chi connectivity index (χ0n) is 14.7. The molecule has 0 radical (unpaired) electrons. The number of hydrogen-bond donors (Lipinski definition) is 1. The molecule has 0 fully saturated rings. The van der Waals surface area contributed by atoms with Gasteiger partial charge in [-0.1, -0.05) is 48.6 Å². The number of aromatic amines is 1. The fraction of sp³-hybridized carbons (Fsp3) is 0.143. The van der Waals surface area contributed by atoms with Crippen LogP contribution in [0.4, 0.5) is 0 Å². The number of nitrogens with zero attached hydrogens (tertiary/aromatic N) is 2. The van der Waals surface area contributed by atoms with Gasteiger partial charge in [-0.05, 0) is 37.4 Å². The van der Waals surface area contributed by atoms with Gasteiger partial charge in [0.05, 0.1) is 12.1 Å². The molecule has 0 saturated carbocycles. The largest absolute Gasteiger partial charge is 0.308 e. The Labute approximate surface area is 155 Å². The van der Waals surface area contributed by atoms with E-state index < -0.39 is 0 Å². The van der Waals surface area contributed by atoms with Crippen molar-refractivity contribution in [2.24, 2.45) is 0 Å². The van der Waals surface area contributed by atoms with E-state index >= 15 is 0 Å². The Morgan fingerprint density at radius 3 is 2.62 bits per heavy atom. The van der Waals surface area contributed by atoms with E-state index in [0.29, 0.717) is 17.1 Å². The summed E-state index contributed by atoms with van der Waals surface area (Å²) >= 11 is 1.50. The van der Waals surface area contributed by atoms with Gasteiger partial charge in [-0.2, -0.15) is 0 Å². The van der Waals surface area contributed by atoms with E-state index in [-0.39, 0.29) is 5.56 Å². The van der Waals surface area contributed by atoms with Crippen molar-refractivity contribution in [3.05, 3.63) is 75.8 Å². The Hall–Kier alpha value is -2.76. The highest BCUT2D eigenvalue weighted by Gasteiger charge is 2.12. The monoisotopic (exact) mass is 361 g/mol. The lowest BCUT2D eigenvalue weighted by Gasteiger charge is -2.08. The fourth-order valence-corrected chi connectivity index (χ4v) is 3.97. The van der Waals surface area contributed by atoms with Gasteiger partial charge < -0.3 is 9.88 Å². The molecular formula is C21H19N3OS. The van der Waals surface area contributed by atoms with Gasteiger partial charge in [-0.15, -0.1) is 11.3 Å². The third-order valence-corrected chi connectivity index (χ3v) is 5.29. The van der Waals surface area contributed by atoms with Gasteiger partial charge in [0.25, 0.3) is 5.56 Å². The maximum absolute atomic E-state index is 12.4. The van der Waals surface area contributed by atoms with E-state index in [1.54, 1.807) is 0 Å². The van der Waals surface area contributed by atoms with Gasteiger partial charge in [0.2, 0.25) is 0 Å². The van der Waals surface area contributed by atoms with Gasteiger partial charge in [0.1, 0.15) is 10.5 Å². The first-order chi connectivity index (χ1) is 12.6. The van der Waals surface area contributed by atoms with Crippen LogP contribution < -0.4 is 5.56 Å². The van der Waals surface area contributed by atoms with Crippen LogP contribution in [0.2, 0.25) is 0 Å². The molecule has 2 aromatic heterocycles. The number of aromatic nitrogens is 2. The topological polar surface area (TPSA) is 49.0 Å². The van der Waals surface area contributed by atoms with Crippen molar-refractivity contribution in [3.63, 3.8) is 0 Å². The lowest BCUT2D eigenvalue weighted by Crippen LogP contribution is -2.17. The van der Waals surface area contributed by atoms with Gasteiger partial charge in [-0.3, -0.25) is 4.79 Å². The first-order valence-electron chi connectivity index (χ1n) is 8.43. The Bertz CT molecular complexity index is 1160. The van der Waals surface area contributed by atoms with Crippen LogP contribution in [0.25, 0.3) is 32.5 Å². The molecular weight excluding hydrogens is 342 g/mol. The predicted molar refractivity (Wildman–Crippen MR) is 111 cm³/mol. The maximum atomic E-state index is 12.4. The molecule has 0 atom stereocenters. The zero-order valence-corrected chi connectivity index (χ0v) is 15.5. The Morgan fingerprint density at radius 1 is 1.08 bits per heavy atom. The van der Waals surface area contributed by atoms with Crippen LogP contribution >= 0.6 is 11.3 Å². The second kappa shape index (κ2) is 6.86. The van der Waals surface area contributed by atoms with Crippen molar-refractivity contribution >= 4 is 43.8 Å². The average molecular weight is 361 g/mol. The average Bonchev–Trinajstić information content (AvgIpc) is 2.99. The molecule has 0 aliphatic rings. The number of benzene rings is 2. The molecule has 0 saturated heterocycles. The van der Waals surface area contributed by atoms with Gasteiger partial charge >= 0.3 is 0 Å². The normalized spacial score (nSPS) is 12.0. The molecule has 5 heteroatoms. The molecule has 130 valence electrons. The fourth-order valence-electron chi connectivity index (χ4n) is 2.95. The van der Waals surface area contributed by atoms with Crippen LogP contribution in [0.15, 0.2) is 53.3 Å². The minimum absolute atomic E-state index is 0.0607. The van der Waals surface area contributed by atoms with Crippen molar-refractivity contribution in [3.8, 4) is 0 Å². The van der Waals surface area contributed by atoms with Crippen LogP contribution in [0.1, 0.15) is 17.0 Å². The number of fused-ring (bicyclic) bond motifs is 3. The van der Waals surface area contributed by atoms with E-state index in [1.807, 2.05) is 37.2 Å². The summed E-state index contributed by atoms with van der Waals surface area (Å²) in [5, 5.41) is 1.03. The van der Waals surface area contributed by atoms with E-state index in [4.69, 9.17) is 4.98 Å². The van der Waals surface area contributed by atoms with Gasteiger partial charge in [0.15, 0.2) is 0 Å². The zero-order chi connectivity index (χ0) is 18.1. The van der Waals surface area contributed by atoms with Crippen LogP contribution in [-0.2, 0) is 6.54 Å². The SMILES string of the molecule is CN(C)Cc1nc2c(sc3ccc(C=Cc4ccccc4)cc32)c(=O)[nH]1. The predicted octanol–water partition coefficient (Wildman–Crippen LogP) is 4.37. The molecule has 4 rings (SSSR count). The number of thiophene rings is 1. The van der Waals surface area contributed by atoms with E-state index in [9.17, 15) is 4.79 Å². The first-order valence-corrected chi connectivity index (χ1v) is 9.25. The lowest BCUT2D eigenvalue weighted by molar-refractivity contribution is 0.390.